The van der Waals surface area contributed by atoms with Crippen molar-refractivity contribution < 1.29 is 0 Å². The summed E-state index contributed by atoms with van der Waals surface area (Å²) in [6.07, 6.45) is 1.50. The van der Waals surface area contributed by atoms with Gasteiger partial charge in [0.25, 0.3) is 5.82 Å². The van der Waals surface area contributed by atoms with Crippen molar-refractivity contribution in [2.45, 2.75) is 13.5 Å². The van der Waals surface area contributed by atoms with E-state index in [4.69, 9.17) is 16.9 Å². The molecule has 1 aromatic heterocycles. The minimum Gasteiger partial charge on any atom is -0.313 e. The minimum absolute atomic E-state index is 0.129. The normalized spacial score (nSPS) is 10.3. The molecule has 0 bridgehead atoms. The Kier molecular flexibility index (Phi) is 3.92. The van der Waals surface area contributed by atoms with E-state index >= 15 is 0 Å². The molecule has 0 atom stereocenters. The van der Waals surface area contributed by atoms with Gasteiger partial charge in [0.2, 0.25) is 0 Å². The third-order valence-corrected chi connectivity index (χ3v) is 2.76. The van der Waals surface area contributed by atoms with E-state index < -0.39 is 0 Å². The maximum absolute atomic E-state index is 8.74. The molecule has 92 valence electrons. The quantitative estimate of drug-likeness (QED) is 0.913. The summed E-state index contributed by atoms with van der Waals surface area (Å²) in [6, 6.07) is 7.55. The van der Waals surface area contributed by atoms with E-state index in [2.05, 4.69) is 15.4 Å². The number of nitrogens with one attached hydrogen (secondary N) is 1. The van der Waals surface area contributed by atoms with Gasteiger partial charge in [-0.2, -0.15) is 5.26 Å². The molecule has 1 N–H and O–H groups in total. The van der Waals surface area contributed by atoms with E-state index in [0.717, 1.165) is 17.8 Å². The van der Waals surface area contributed by atoms with Crippen LogP contribution in [0.25, 0.3) is 5.69 Å². The van der Waals surface area contributed by atoms with E-state index in [0.29, 0.717) is 11.6 Å². The van der Waals surface area contributed by atoms with Crippen molar-refractivity contribution in [1.29, 1.82) is 5.26 Å². The van der Waals surface area contributed by atoms with Crippen molar-refractivity contribution in [2.24, 2.45) is 0 Å². The second kappa shape index (κ2) is 5.63. The molecule has 6 heteroatoms. The molecule has 1 heterocycles. The van der Waals surface area contributed by atoms with E-state index in [9.17, 15) is 0 Å². The largest absolute Gasteiger partial charge is 0.313 e. The summed E-state index contributed by atoms with van der Waals surface area (Å²) < 4.78 is 1.54. The average molecular weight is 262 g/mol. The Morgan fingerprint density at radius 3 is 3.00 bits per heavy atom. The van der Waals surface area contributed by atoms with Crippen LogP contribution in [0.1, 0.15) is 18.3 Å². The van der Waals surface area contributed by atoms with Crippen LogP contribution in [-0.2, 0) is 6.54 Å². The van der Waals surface area contributed by atoms with Gasteiger partial charge in [0.15, 0.2) is 0 Å². The molecule has 0 spiro atoms. The number of benzene rings is 1. The molecule has 2 aromatic rings. The molecule has 5 nitrogen and oxygen atoms in total. The molecule has 0 unspecified atom stereocenters. The molecule has 0 saturated heterocycles. The van der Waals surface area contributed by atoms with Gasteiger partial charge in [-0.3, -0.25) is 0 Å². The zero-order valence-corrected chi connectivity index (χ0v) is 10.6. The summed E-state index contributed by atoms with van der Waals surface area (Å²) in [7, 11) is 0. The second-order valence-electron chi connectivity index (χ2n) is 3.65. The predicted molar refractivity (Wildman–Crippen MR) is 68.5 cm³/mol. The maximum Gasteiger partial charge on any atom is 0.252 e. The van der Waals surface area contributed by atoms with Crippen molar-refractivity contribution in [3.05, 3.63) is 40.9 Å². The minimum atomic E-state index is 0.129. The number of rotatable bonds is 4. The number of para-hydroxylation sites is 1. The lowest BCUT2D eigenvalue weighted by atomic mass is 10.2. The summed E-state index contributed by atoms with van der Waals surface area (Å²) >= 11 is 6.20. The van der Waals surface area contributed by atoms with Crippen molar-refractivity contribution in [3.63, 3.8) is 0 Å². The molecule has 2 rings (SSSR count). The van der Waals surface area contributed by atoms with Crippen LogP contribution in [0.2, 0.25) is 5.02 Å². The Bertz CT molecular complexity index is 584. The number of nitrogens with zero attached hydrogens (tertiary/aromatic N) is 4. The lowest BCUT2D eigenvalue weighted by molar-refractivity contribution is 0.716. The van der Waals surface area contributed by atoms with Crippen LogP contribution in [0.3, 0.4) is 0 Å². The molecule has 0 aliphatic carbocycles. The van der Waals surface area contributed by atoms with Gasteiger partial charge in [-0.25, -0.2) is 9.67 Å². The van der Waals surface area contributed by atoms with Crippen LogP contribution >= 0.6 is 11.6 Å². The molecular formula is C12H12ClN5. The molecule has 1 aromatic carbocycles. The first kappa shape index (κ1) is 12.6. The second-order valence-corrected chi connectivity index (χ2v) is 4.06. The van der Waals surface area contributed by atoms with E-state index in [1.807, 2.05) is 25.1 Å². The maximum atomic E-state index is 8.74. The molecule has 18 heavy (non-hydrogen) atoms. The first-order chi connectivity index (χ1) is 8.76. The van der Waals surface area contributed by atoms with Crippen LogP contribution in [0, 0.1) is 11.3 Å². The summed E-state index contributed by atoms with van der Waals surface area (Å²) in [5.74, 6) is 0.129. The SMILES string of the molecule is CCNCc1cccc(Cl)c1-n1cnc(C#N)n1. The highest BCUT2D eigenvalue weighted by atomic mass is 35.5. The third-order valence-electron chi connectivity index (χ3n) is 2.46. The standard InChI is InChI=1S/C12H12ClN5/c1-2-15-7-9-4-3-5-10(13)12(9)18-8-16-11(6-14)17-18/h3-5,8,15H,2,7H2,1H3. The van der Waals surface area contributed by atoms with Gasteiger partial charge in [0.05, 0.1) is 10.7 Å². The van der Waals surface area contributed by atoms with Crippen molar-refractivity contribution in [2.75, 3.05) is 6.54 Å². The zero-order valence-electron chi connectivity index (χ0n) is 9.89. The molecule has 0 fully saturated rings. The monoisotopic (exact) mass is 261 g/mol. The highest BCUT2D eigenvalue weighted by Crippen LogP contribution is 2.23. The highest BCUT2D eigenvalue weighted by Gasteiger charge is 2.11. The van der Waals surface area contributed by atoms with E-state index in [1.54, 1.807) is 6.07 Å². The van der Waals surface area contributed by atoms with Gasteiger partial charge < -0.3 is 5.32 Å². The summed E-state index contributed by atoms with van der Waals surface area (Å²) in [4.78, 5) is 3.89. The fraction of sp³-hybridized carbons (Fsp3) is 0.250. The van der Waals surface area contributed by atoms with E-state index in [-0.39, 0.29) is 5.82 Å². The van der Waals surface area contributed by atoms with Gasteiger partial charge in [-0.1, -0.05) is 30.7 Å². The Labute approximate surface area is 110 Å². The van der Waals surface area contributed by atoms with Crippen LogP contribution < -0.4 is 5.32 Å². The fourth-order valence-electron chi connectivity index (χ4n) is 1.64. The third kappa shape index (κ3) is 2.50. The first-order valence-corrected chi connectivity index (χ1v) is 5.94. The molecule has 0 amide bonds. The van der Waals surface area contributed by atoms with Crippen LogP contribution in [0.4, 0.5) is 0 Å². The molecule has 0 aliphatic rings. The van der Waals surface area contributed by atoms with Crippen molar-refractivity contribution in [1.82, 2.24) is 20.1 Å². The molecular weight excluding hydrogens is 250 g/mol. The van der Waals surface area contributed by atoms with Gasteiger partial charge in [0.1, 0.15) is 12.4 Å². The number of hydrogen-bond acceptors (Lipinski definition) is 4. The smallest absolute Gasteiger partial charge is 0.252 e. The number of aromatic nitrogens is 3. The van der Waals surface area contributed by atoms with Crippen molar-refractivity contribution in [3.8, 4) is 11.8 Å². The number of nitriles is 1. The Morgan fingerprint density at radius 2 is 2.33 bits per heavy atom. The lowest BCUT2D eigenvalue weighted by Crippen LogP contribution is -2.14. The van der Waals surface area contributed by atoms with Crippen LogP contribution in [-0.4, -0.2) is 21.3 Å². The molecule has 0 radical (unpaired) electrons. The van der Waals surface area contributed by atoms with Gasteiger partial charge in [0, 0.05) is 6.54 Å². The summed E-state index contributed by atoms with van der Waals surface area (Å²) in [5.41, 5.74) is 1.77. The van der Waals surface area contributed by atoms with Gasteiger partial charge in [-0.15, -0.1) is 5.10 Å². The average Bonchev–Trinajstić information content (AvgIpc) is 2.84. The number of halogens is 1. The topological polar surface area (TPSA) is 66.5 Å². The Balaban J connectivity index is 2.44. The fourth-order valence-corrected chi connectivity index (χ4v) is 1.92. The molecule has 0 aliphatic heterocycles. The summed E-state index contributed by atoms with van der Waals surface area (Å²) in [5, 5.41) is 16.6. The Morgan fingerprint density at radius 1 is 1.50 bits per heavy atom. The first-order valence-electron chi connectivity index (χ1n) is 5.56. The predicted octanol–water partition coefficient (Wildman–Crippen LogP) is 1.90. The molecule has 0 saturated carbocycles. The highest BCUT2D eigenvalue weighted by molar-refractivity contribution is 6.32. The number of hydrogen-bond donors (Lipinski definition) is 1. The zero-order chi connectivity index (χ0) is 13.0. The van der Waals surface area contributed by atoms with Gasteiger partial charge in [-0.05, 0) is 18.2 Å². The lowest BCUT2D eigenvalue weighted by Gasteiger charge is -2.11. The van der Waals surface area contributed by atoms with Crippen molar-refractivity contribution >= 4 is 11.6 Å². The Hall–Kier alpha value is -1.90. The van der Waals surface area contributed by atoms with Crippen LogP contribution in [0.5, 0.6) is 0 Å². The summed E-state index contributed by atoms with van der Waals surface area (Å²) in [6.45, 7) is 3.59. The van der Waals surface area contributed by atoms with Crippen LogP contribution in [0.15, 0.2) is 24.5 Å². The van der Waals surface area contributed by atoms with Gasteiger partial charge >= 0.3 is 0 Å². The van der Waals surface area contributed by atoms with E-state index in [1.165, 1.54) is 11.0 Å².